The number of hydrogen-bond donors (Lipinski definition) is 2. The predicted molar refractivity (Wildman–Crippen MR) is 127 cm³/mol. The third kappa shape index (κ3) is 5.40. The first-order valence-electron chi connectivity index (χ1n) is 10.5. The van der Waals surface area contributed by atoms with Gasteiger partial charge < -0.3 is 15.2 Å². The first-order valence-corrected chi connectivity index (χ1v) is 10.5. The molecule has 0 aliphatic carbocycles. The number of hydrogen-bond acceptors (Lipinski definition) is 2. The van der Waals surface area contributed by atoms with Crippen molar-refractivity contribution in [2.24, 2.45) is 4.99 Å². The molecule has 0 amide bonds. The van der Waals surface area contributed by atoms with Gasteiger partial charge in [0, 0.05) is 44.6 Å². The third-order valence-corrected chi connectivity index (χ3v) is 5.28. The fraction of sp³-hybridized carbons (Fsp3) is 0.154. The zero-order chi connectivity index (χ0) is 22.2. The summed E-state index contributed by atoms with van der Waals surface area (Å²) in [5, 5.41) is 6.51. The number of rotatable bonds is 7. The van der Waals surface area contributed by atoms with Crippen LogP contribution in [0.3, 0.4) is 0 Å². The van der Waals surface area contributed by atoms with Crippen LogP contribution in [0.15, 0.2) is 96.5 Å². The highest BCUT2D eigenvalue weighted by Gasteiger charge is 2.07. The van der Waals surface area contributed by atoms with Crippen LogP contribution in [0.25, 0.3) is 11.1 Å². The number of aliphatic imine (C=N–C) groups is 1. The lowest BCUT2D eigenvalue weighted by Gasteiger charge is -2.15. The van der Waals surface area contributed by atoms with Gasteiger partial charge in [0.25, 0.3) is 0 Å². The Morgan fingerprint density at radius 3 is 2.28 bits per heavy atom. The summed E-state index contributed by atoms with van der Waals surface area (Å²) in [6.45, 7) is 1.77. The Kier molecular flexibility index (Phi) is 6.92. The third-order valence-electron chi connectivity index (χ3n) is 5.28. The van der Waals surface area contributed by atoms with Gasteiger partial charge >= 0.3 is 0 Å². The molecule has 4 aromatic rings. The molecular weight excluding hydrogens is 401 g/mol. The second-order valence-electron chi connectivity index (χ2n) is 7.46. The van der Waals surface area contributed by atoms with E-state index in [1.807, 2.05) is 35.3 Å². The van der Waals surface area contributed by atoms with Crippen LogP contribution in [0, 0.1) is 5.82 Å². The Hall–Kier alpha value is -3.93. The summed E-state index contributed by atoms with van der Waals surface area (Å²) in [7, 11) is 1.71. The predicted octanol–water partition coefficient (Wildman–Crippen LogP) is 4.60. The average Bonchev–Trinajstić information content (AvgIpc) is 3.34. The van der Waals surface area contributed by atoms with E-state index in [1.165, 1.54) is 17.2 Å². The summed E-state index contributed by atoms with van der Waals surface area (Å²) in [5.74, 6) is 0.399. The van der Waals surface area contributed by atoms with Crippen LogP contribution in [0.2, 0.25) is 0 Å². The molecule has 1 heterocycles. The zero-order valence-electron chi connectivity index (χ0n) is 18.0. The van der Waals surface area contributed by atoms with Crippen LogP contribution < -0.4 is 10.6 Å². The van der Waals surface area contributed by atoms with E-state index in [2.05, 4.69) is 57.0 Å². The Balaban J connectivity index is 1.41. The van der Waals surface area contributed by atoms with E-state index in [-0.39, 0.29) is 5.82 Å². The molecule has 32 heavy (non-hydrogen) atoms. The number of nitrogens with one attached hydrogen (secondary N) is 2. The topological polar surface area (TPSA) is 54.2 Å². The second-order valence-corrected chi connectivity index (χ2v) is 7.46. The largest absolute Gasteiger partial charge is 0.352 e. The molecule has 0 saturated carbocycles. The van der Waals surface area contributed by atoms with Crippen molar-refractivity contribution in [3.8, 4) is 11.1 Å². The molecule has 0 aliphatic rings. The highest BCUT2D eigenvalue weighted by atomic mass is 19.1. The number of benzene rings is 3. The molecule has 0 fully saturated rings. The number of imidazole rings is 1. The molecule has 3 aromatic carbocycles. The lowest BCUT2D eigenvalue weighted by Crippen LogP contribution is -2.36. The Morgan fingerprint density at radius 2 is 1.59 bits per heavy atom. The minimum atomic E-state index is -0.225. The lowest BCUT2D eigenvalue weighted by atomic mass is 9.98. The van der Waals surface area contributed by atoms with Gasteiger partial charge in [0.1, 0.15) is 5.82 Å². The summed E-state index contributed by atoms with van der Waals surface area (Å²) < 4.78 is 15.9. The normalized spacial score (nSPS) is 11.4. The monoisotopic (exact) mass is 427 g/mol. The highest BCUT2D eigenvalue weighted by molar-refractivity contribution is 5.80. The fourth-order valence-corrected chi connectivity index (χ4v) is 3.56. The maximum atomic E-state index is 13.9. The van der Waals surface area contributed by atoms with E-state index in [0.29, 0.717) is 24.6 Å². The van der Waals surface area contributed by atoms with Gasteiger partial charge in [0.2, 0.25) is 0 Å². The minimum absolute atomic E-state index is 0.225. The van der Waals surface area contributed by atoms with E-state index in [9.17, 15) is 4.39 Å². The van der Waals surface area contributed by atoms with E-state index < -0.39 is 0 Å². The zero-order valence-corrected chi connectivity index (χ0v) is 18.0. The van der Waals surface area contributed by atoms with Gasteiger partial charge in [-0.05, 0) is 28.3 Å². The van der Waals surface area contributed by atoms with Crippen molar-refractivity contribution in [3.63, 3.8) is 0 Å². The molecule has 6 heteroatoms. The van der Waals surface area contributed by atoms with Crippen LogP contribution in [0.4, 0.5) is 4.39 Å². The molecule has 0 bridgehead atoms. The fourth-order valence-electron chi connectivity index (χ4n) is 3.56. The van der Waals surface area contributed by atoms with E-state index in [0.717, 1.165) is 17.7 Å². The van der Waals surface area contributed by atoms with Crippen LogP contribution in [-0.4, -0.2) is 22.6 Å². The molecule has 1 aromatic heterocycles. The van der Waals surface area contributed by atoms with Crippen LogP contribution in [0.5, 0.6) is 0 Å². The van der Waals surface area contributed by atoms with E-state index in [1.54, 1.807) is 25.4 Å². The van der Waals surface area contributed by atoms with Crippen molar-refractivity contribution in [1.82, 2.24) is 20.2 Å². The summed E-state index contributed by atoms with van der Waals surface area (Å²) in [6, 6.07) is 23.6. The molecule has 0 spiro atoms. The lowest BCUT2D eigenvalue weighted by molar-refractivity contribution is 0.604. The van der Waals surface area contributed by atoms with Gasteiger partial charge in [-0.1, -0.05) is 66.7 Å². The summed E-state index contributed by atoms with van der Waals surface area (Å²) in [5.41, 5.74) is 5.31. The molecule has 2 N–H and O–H groups in total. The van der Waals surface area contributed by atoms with Gasteiger partial charge in [-0.3, -0.25) is 4.99 Å². The van der Waals surface area contributed by atoms with Crippen LogP contribution in [0.1, 0.15) is 16.7 Å². The molecular formula is C26H26FN5. The molecule has 162 valence electrons. The second kappa shape index (κ2) is 10.4. The van der Waals surface area contributed by atoms with E-state index in [4.69, 9.17) is 0 Å². The molecule has 5 nitrogen and oxygen atoms in total. The van der Waals surface area contributed by atoms with Gasteiger partial charge in [0.05, 0.1) is 6.33 Å². The van der Waals surface area contributed by atoms with Gasteiger partial charge in [-0.15, -0.1) is 0 Å². The maximum Gasteiger partial charge on any atom is 0.191 e. The first kappa shape index (κ1) is 21.3. The van der Waals surface area contributed by atoms with Gasteiger partial charge in [-0.25, -0.2) is 9.37 Å². The molecule has 0 saturated heterocycles. The maximum absolute atomic E-state index is 13.9. The van der Waals surface area contributed by atoms with Crippen molar-refractivity contribution < 1.29 is 4.39 Å². The standard InChI is InChI=1S/C26H26FN5/c1-28-26(31-17-23-7-3-5-9-25(23)27)30-16-22-6-2-4-8-24(22)21-12-10-20(11-13-21)18-32-15-14-29-19-32/h2-15,19H,16-18H2,1H3,(H2,28,30,31). The van der Waals surface area contributed by atoms with Crippen molar-refractivity contribution in [3.05, 3.63) is 114 Å². The average molecular weight is 428 g/mol. The SMILES string of the molecule is CN=C(NCc1ccccc1F)NCc1ccccc1-c1ccc(Cn2ccnc2)cc1. The number of nitrogens with zero attached hydrogens (tertiary/aromatic N) is 3. The Morgan fingerprint density at radius 1 is 0.906 bits per heavy atom. The Labute approximate surface area is 187 Å². The minimum Gasteiger partial charge on any atom is -0.352 e. The molecule has 0 atom stereocenters. The van der Waals surface area contributed by atoms with Crippen molar-refractivity contribution in [2.45, 2.75) is 19.6 Å². The number of aromatic nitrogens is 2. The smallest absolute Gasteiger partial charge is 0.191 e. The Bertz CT molecular complexity index is 1170. The number of guanidine groups is 1. The van der Waals surface area contributed by atoms with Crippen LogP contribution >= 0.6 is 0 Å². The first-order chi connectivity index (χ1) is 15.7. The van der Waals surface area contributed by atoms with Crippen molar-refractivity contribution >= 4 is 5.96 Å². The van der Waals surface area contributed by atoms with Gasteiger partial charge in [0.15, 0.2) is 5.96 Å². The van der Waals surface area contributed by atoms with Gasteiger partial charge in [-0.2, -0.15) is 0 Å². The quantitative estimate of drug-likeness (QED) is 0.335. The summed E-state index contributed by atoms with van der Waals surface area (Å²) in [6.07, 6.45) is 5.57. The molecule has 0 radical (unpaired) electrons. The number of halogens is 1. The highest BCUT2D eigenvalue weighted by Crippen LogP contribution is 2.24. The molecule has 0 aliphatic heterocycles. The summed E-state index contributed by atoms with van der Waals surface area (Å²) in [4.78, 5) is 8.36. The van der Waals surface area contributed by atoms with Crippen molar-refractivity contribution in [1.29, 1.82) is 0 Å². The molecule has 0 unspecified atom stereocenters. The van der Waals surface area contributed by atoms with Crippen molar-refractivity contribution in [2.75, 3.05) is 7.05 Å². The van der Waals surface area contributed by atoms with E-state index >= 15 is 0 Å². The summed E-state index contributed by atoms with van der Waals surface area (Å²) >= 11 is 0. The van der Waals surface area contributed by atoms with Crippen LogP contribution in [-0.2, 0) is 19.6 Å². The molecule has 4 rings (SSSR count).